The monoisotopic (exact) mass is 499 g/mol. The van der Waals surface area contributed by atoms with Crippen LogP contribution in [0.2, 0.25) is 0 Å². The second kappa shape index (κ2) is 9.27. The number of azo groups is 1. The minimum atomic E-state index is -3.89. The Hall–Kier alpha value is -4.50. The van der Waals surface area contributed by atoms with E-state index >= 15 is 0 Å². The first-order valence-corrected chi connectivity index (χ1v) is 12.6. The van der Waals surface area contributed by atoms with E-state index in [4.69, 9.17) is 0 Å². The average Bonchev–Trinajstić information content (AvgIpc) is 2.90. The third-order valence-electron chi connectivity index (χ3n) is 5.96. The lowest BCUT2D eigenvalue weighted by molar-refractivity contribution is 0.0995. The molecule has 0 aromatic heterocycles. The summed E-state index contributed by atoms with van der Waals surface area (Å²) in [5.74, 6) is -0.803. The summed E-state index contributed by atoms with van der Waals surface area (Å²) >= 11 is 0. The molecule has 180 valence electrons. The molecule has 36 heavy (non-hydrogen) atoms. The minimum absolute atomic E-state index is 0.0354. The zero-order valence-electron chi connectivity index (χ0n) is 18.9. The number of carbonyl (C=O) groups is 1. The molecule has 0 unspecified atom stereocenters. The maximum Gasteiger partial charge on any atom is 0.295 e. The van der Waals surface area contributed by atoms with Crippen LogP contribution in [-0.2, 0) is 22.9 Å². The molecule has 0 saturated heterocycles. The molecule has 5 rings (SSSR count). The summed E-state index contributed by atoms with van der Waals surface area (Å²) in [6.07, 6.45) is 4.56. The van der Waals surface area contributed by atoms with Crippen molar-refractivity contribution in [3.8, 4) is 11.5 Å². The molecule has 0 fully saturated rings. The van der Waals surface area contributed by atoms with Crippen molar-refractivity contribution in [3.05, 3.63) is 102 Å². The zero-order valence-corrected chi connectivity index (χ0v) is 19.7. The number of allylic oxidation sites excluding steroid dienone is 2. The smallest absolute Gasteiger partial charge is 0.295 e. The highest BCUT2D eigenvalue weighted by Crippen LogP contribution is 2.41. The van der Waals surface area contributed by atoms with Gasteiger partial charge >= 0.3 is 0 Å². The van der Waals surface area contributed by atoms with Crippen LogP contribution in [0.25, 0.3) is 10.8 Å². The number of anilines is 1. The summed E-state index contributed by atoms with van der Waals surface area (Å²) in [7, 11) is -3.89. The van der Waals surface area contributed by atoms with Gasteiger partial charge in [0, 0.05) is 16.5 Å². The SMILES string of the molecule is O=C(N=Nc1cc(NS(=O)(=O)c2ccccc2)c2c(c1O)CC=CC2)c1ccc2cccc(O)c2c1. The van der Waals surface area contributed by atoms with Crippen molar-refractivity contribution < 1.29 is 23.4 Å². The van der Waals surface area contributed by atoms with Gasteiger partial charge in [-0.15, -0.1) is 10.2 Å². The topological polar surface area (TPSA) is 128 Å². The Labute approximate surface area is 207 Å². The molecule has 0 saturated carbocycles. The van der Waals surface area contributed by atoms with Gasteiger partial charge in [-0.25, -0.2) is 8.42 Å². The number of hydrogen-bond acceptors (Lipinski definition) is 6. The number of fused-ring (bicyclic) bond motifs is 2. The van der Waals surface area contributed by atoms with Crippen molar-refractivity contribution in [1.82, 2.24) is 0 Å². The number of phenolic OH excluding ortho intramolecular Hbond substituents is 2. The van der Waals surface area contributed by atoms with Crippen molar-refractivity contribution in [3.63, 3.8) is 0 Å². The lowest BCUT2D eigenvalue weighted by Crippen LogP contribution is -2.15. The summed E-state index contributed by atoms with van der Waals surface area (Å²) in [5, 5.41) is 29.9. The highest BCUT2D eigenvalue weighted by Gasteiger charge is 2.22. The molecule has 9 heteroatoms. The summed E-state index contributed by atoms with van der Waals surface area (Å²) in [6.45, 7) is 0. The molecule has 0 spiro atoms. The molecule has 1 amide bonds. The third kappa shape index (κ3) is 4.44. The lowest BCUT2D eigenvalue weighted by atomic mass is 9.93. The molecule has 0 aliphatic heterocycles. The number of hydrogen-bond donors (Lipinski definition) is 3. The van der Waals surface area contributed by atoms with E-state index in [1.807, 2.05) is 18.2 Å². The molecule has 0 bridgehead atoms. The highest BCUT2D eigenvalue weighted by molar-refractivity contribution is 7.92. The first kappa shape index (κ1) is 23.3. The molecular formula is C27H21N3O5S. The van der Waals surface area contributed by atoms with Gasteiger partial charge in [-0.3, -0.25) is 9.52 Å². The Balaban J connectivity index is 1.51. The Morgan fingerprint density at radius 2 is 1.61 bits per heavy atom. The maximum atomic E-state index is 12.9. The standard InChI is InChI=1S/C27H21N3O5S/c31-25-12-6-7-17-13-14-18(15-22(17)25)27(33)29-28-24-16-23(20-10-4-5-11-21(20)26(24)32)30-36(34,35)19-8-2-1-3-9-19/h1-9,12-16,30-32H,10-11H2. The van der Waals surface area contributed by atoms with E-state index in [1.54, 1.807) is 36.4 Å². The van der Waals surface area contributed by atoms with E-state index in [-0.39, 0.29) is 33.3 Å². The van der Waals surface area contributed by atoms with Crippen molar-refractivity contribution >= 4 is 38.1 Å². The fraction of sp³-hybridized carbons (Fsp3) is 0.0741. The molecule has 0 atom stereocenters. The molecule has 3 N–H and O–H groups in total. The number of nitrogens with zero attached hydrogens (tertiary/aromatic N) is 2. The van der Waals surface area contributed by atoms with Crippen LogP contribution < -0.4 is 4.72 Å². The van der Waals surface area contributed by atoms with E-state index in [2.05, 4.69) is 15.0 Å². The van der Waals surface area contributed by atoms with Crippen molar-refractivity contribution in [2.24, 2.45) is 10.2 Å². The fourth-order valence-corrected chi connectivity index (χ4v) is 5.23. The van der Waals surface area contributed by atoms with E-state index in [0.717, 1.165) is 5.39 Å². The number of nitrogens with one attached hydrogen (secondary N) is 1. The summed E-state index contributed by atoms with van der Waals surface area (Å²) in [4.78, 5) is 12.8. The molecule has 1 aliphatic carbocycles. The van der Waals surface area contributed by atoms with Crippen molar-refractivity contribution in [2.45, 2.75) is 17.7 Å². The van der Waals surface area contributed by atoms with Crippen LogP contribution in [0.15, 0.2) is 100 Å². The molecule has 4 aromatic carbocycles. The summed E-state index contributed by atoms with van der Waals surface area (Å²) in [6, 6.07) is 19.1. The highest BCUT2D eigenvalue weighted by atomic mass is 32.2. The lowest BCUT2D eigenvalue weighted by Gasteiger charge is -2.19. The summed E-state index contributed by atoms with van der Waals surface area (Å²) in [5.41, 5.74) is 1.57. The van der Waals surface area contributed by atoms with Crippen LogP contribution in [0.4, 0.5) is 11.4 Å². The van der Waals surface area contributed by atoms with Gasteiger partial charge in [0.1, 0.15) is 17.2 Å². The predicted octanol–water partition coefficient (Wildman–Crippen LogP) is 5.63. The van der Waals surface area contributed by atoms with Crippen molar-refractivity contribution in [1.29, 1.82) is 0 Å². The fourth-order valence-electron chi connectivity index (χ4n) is 4.12. The van der Waals surface area contributed by atoms with Gasteiger partial charge in [-0.05, 0) is 60.2 Å². The largest absolute Gasteiger partial charge is 0.507 e. The number of phenols is 2. The molecule has 0 radical (unpaired) electrons. The number of aromatic hydroxyl groups is 2. The van der Waals surface area contributed by atoms with E-state index in [9.17, 15) is 23.4 Å². The number of rotatable bonds is 5. The summed E-state index contributed by atoms with van der Waals surface area (Å²) < 4.78 is 28.5. The number of benzene rings is 4. The second-order valence-electron chi connectivity index (χ2n) is 8.27. The van der Waals surface area contributed by atoms with Crippen LogP contribution in [0, 0.1) is 0 Å². The quantitative estimate of drug-likeness (QED) is 0.186. The first-order valence-electron chi connectivity index (χ1n) is 11.1. The van der Waals surface area contributed by atoms with Gasteiger partial charge in [0.15, 0.2) is 0 Å². The van der Waals surface area contributed by atoms with Crippen LogP contribution in [0.5, 0.6) is 11.5 Å². The van der Waals surface area contributed by atoms with Crippen LogP contribution in [0.3, 0.4) is 0 Å². The Morgan fingerprint density at radius 3 is 2.39 bits per heavy atom. The van der Waals surface area contributed by atoms with Crippen LogP contribution >= 0.6 is 0 Å². The van der Waals surface area contributed by atoms with Gasteiger partial charge in [-0.1, -0.05) is 48.6 Å². The Bertz CT molecular complexity index is 1660. The van der Waals surface area contributed by atoms with Gasteiger partial charge in [0.05, 0.1) is 10.6 Å². The molecule has 1 aliphatic rings. The molecule has 8 nitrogen and oxygen atoms in total. The zero-order chi connectivity index (χ0) is 25.3. The van der Waals surface area contributed by atoms with Gasteiger partial charge < -0.3 is 10.2 Å². The number of sulfonamides is 1. The molecule has 0 heterocycles. The normalized spacial score (nSPS) is 13.1. The van der Waals surface area contributed by atoms with Crippen molar-refractivity contribution in [2.75, 3.05) is 4.72 Å². The van der Waals surface area contributed by atoms with E-state index in [1.165, 1.54) is 30.3 Å². The third-order valence-corrected chi connectivity index (χ3v) is 7.34. The van der Waals surface area contributed by atoms with Gasteiger partial charge in [0.2, 0.25) is 0 Å². The van der Waals surface area contributed by atoms with Crippen LogP contribution in [-0.4, -0.2) is 24.5 Å². The second-order valence-corrected chi connectivity index (χ2v) is 9.95. The Kier molecular flexibility index (Phi) is 5.99. The first-order chi connectivity index (χ1) is 17.3. The van der Waals surface area contributed by atoms with Crippen LogP contribution in [0.1, 0.15) is 21.5 Å². The molecular weight excluding hydrogens is 478 g/mol. The molecule has 4 aromatic rings. The maximum absolute atomic E-state index is 12.9. The van der Waals surface area contributed by atoms with E-state index in [0.29, 0.717) is 29.4 Å². The van der Waals surface area contributed by atoms with Gasteiger partial charge in [-0.2, -0.15) is 0 Å². The minimum Gasteiger partial charge on any atom is -0.507 e. The number of carbonyl (C=O) groups excluding carboxylic acids is 1. The average molecular weight is 500 g/mol. The van der Waals surface area contributed by atoms with E-state index < -0.39 is 15.9 Å². The number of amides is 1. The predicted molar refractivity (Wildman–Crippen MR) is 136 cm³/mol. The Morgan fingerprint density at radius 1 is 0.861 bits per heavy atom. The van der Waals surface area contributed by atoms with Gasteiger partial charge in [0.25, 0.3) is 15.9 Å².